The first-order valence-electron chi connectivity index (χ1n) is 5.36. The van der Waals surface area contributed by atoms with Gasteiger partial charge in [-0.15, -0.1) is 12.4 Å². The van der Waals surface area contributed by atoms with E-state index in [0.29, 0.717) is 12.5 Å². The van der Waals surface area contributed by atoms with Crippen LogP contribution in [0.25, 0.3) is 0 Å². The summed E-state index contributed by atoms with van der Waals surface area (Å²) < 4.78 is 0. The van der Waals surface area contributed by atoms with E-state index in [-0.39, 0.29) is 30.3 Å². The fraction of sp³-hybridized carbons (Fsp3) is 0.900. The lowest BCUT2D eigenvalue weighted by Gasteiger charge is -2.31. The minimum absolute atomic E-state index is 0. The van der Waals surface area contributed by atoms with E-state index in [9.17, 15) is 4.79 Å². The standard InChI is InChI=1S/C10H21N3O.ClH/c1-7-3-4-12-6-9(7)13-10(14)8(2)5-11;/h7-9,12H,3-6,11H2,1-2H3,(H,13,14);1H. The molecule has 4 nitrogen and oxygen atoms in total. The van der Waals surface area contributed by atoms with Gasteiger partial charge in [0.1, 0.15) is 0 Å². The smallest absolute Gasteiger partial charge is 0.224 e. The van der Waals surface area contributed by atoms with Crippen LogP contribution >= 0.6 is 12.4 Å². The number of carbonyl (C=O) groups is 1. The molecule has 1 aliphatic rings. The van der Waals surface area contributed by atoms with Gasteiger partial charge in [-0.1, -0.05) is 13.8 Å². The van der Waals surface area contributed by atoms with E-state index < -0.39 is 0 Å². The number of hydrogen-bond acceptors (Lipinski definition) is 3. The number of nitrogens with one attached hydrogen (secondary N) is 2. The Labute approximate surface area is 97.8 Å². The second kappa shape index (κ2) is 7.04. The van der Waals surface area contributed by atoms with Crippen LogP contribution in [0.15, 0.2) is 0 Å². The normalized spacial score (nSPS) is 27.7. The average molecular weight is 236 g/mol. The monoisotopic (exact) mass is 235 g/mol. The Morgan fingerprint density at radius 2 is 2.33 bits per heavy atom. The van der Waals surface area contributed by atoms with Crippen LogP contribution in [0.3, 0.4) is 0 Å². The maximum atomic E-state index is 11.6. The van der Waals surface area contributed by atoms with Gasteiger partial charge in [-0.3, -0.25) is 4.79 Å². The Balaban J connectivity index is 0.00000196. The highest BCUT2D eigenvalue weighted by atomic mass is 35.5. The van der Waals surface area contributed by atoms with Crippen molar-refractivity contribution < 1.29 is 4.79 Å². The summed E-state index contributed by atoms with van der Waals surface area (Å²) in [5.41, 5.74) is 5.44. The molecule has 5 heteroatoms. The van der Waals surface area contributed by atoms with Crippen molar-refractivity contribution in [2.75, 3.05) is 19.6 Å². The van der Waals surface area contributed by atoms with Gasteiger partial charge in [0.05, 0.1) is 0 Å². The molecule has 0 aromatic heterocycles. The third-order valence-corrected chi connectivity index (χ3v) is 2.96. The molecular weight excluding hydrogens is 214 g/mol. The van der Waals surface area contributed by atoms with Crippen molar-refractivity contribution in [2.24, 2.45) is 17.6 Å². The number of nitrogens with two attached hydrogens (primary N) is 1. The molecule has 0 bridgehead atoms. The Kier molecular flexibility index (Phi) is 6.89. The van der Waals surface area contributed by atoms with E-state index in [1.165, 1.54) is 0 Å². The SMILES string of the molecule is CC(CN)C(=O)NC1CNCCC1C.Cl. The van der Waals surface area contributed by atoms with Crippen LogP contribution in [0, 0.1) is 11.8 Å². The van der Waals surface area contributed by atoms with Crippen molar-refractivity contribution in [3.8, 4) is 0 Å². The predicted molar refractivity (Wildman–Crippen MR) is 64.0 cm³/mol. The van der Waals surface area contributed by atoms with Gasteiger partial charge in [0, 0.05) is 25.0 Å². The number of carbonyl (C=O) groups excluding carboxylic acids is 1. The van der Waals surface area contributed by atoms with Crippen LogP contribution in [0.2, 0.25) is 0 Å². The van der Waals surface area contributed by atoms with E-state index in [4.69, 9.17) is 5.73 Å². The van der Waals surface area contributed by atoms with Crippen molar-refractivity contribution in [1.29, 1.82) is 0 Å². The van der Waals surface area contributed by atoms with Crippen LogP contribution < -0.4 is 16.4 Å². The van der Waals surface area contributed by atoms with E-state index in [1.807, 2.05) is 6.92 Å². The zero-order valence-electron chi connectivity index (χ0n) is 9.45. The first-order valence-corrected chi connectivity index (χ1v) is 5.36. The Bertz CT molecular complexity index is 201. The molecule has 0 aliphatic carbocycles. The molecule has 0 radical (unpaired) electrons. The molecule has 1 saturated heterocycles. The van der Waals surface area contributed by atoms with Gasteiger partial charge in [-0.25, -0.2) is 0 Å². The third-order valence-electron chi connectivity index (χ3n) is 2.96. The first kappa shape index (κ1) is 14.7. The molecule has 0 saturated carbocycles. The number of hydrogen-bond donors (Lipinski definition) is 3. The fourth-order valence-corrected chi connectivity index (χ4v) is 1.61. The summed E-state index contributed by atoms with van der Waals surface area (Å²) in [4.78, 5) is 11.6. The summed E-state index contributed by atoms with van der Waals surface area (Å²) in [6.07, 6.45) is 1.13. The minimum Gasteiger partial charge on any atom is -0.352 e. The Morgan fingerprint density at radius 1 is 1.67 bits per heavy atom. The van der Waals surface area contributed by atoms with Gasteiger partial charge in [0.15, 0.2) is 0 Å². The van der Waals surface area contributed by atoms with E-state index >= 15 is 0 Å². The fourth-order valence-electron chi connectivity index (χ4n) is 1.61. The van der Waals surface area contributed by atoms with Crippen LogP contribution in [-0.4, -0.2) is 31.6 Å². The number of rotatable bonds is 3. The Hall–Kier alpha value is -0.320. The summed E-state index contributed by atoms with van der Waals surface area (Å²) in [6.45, 7) is 6.39. The second-order valence-electron chi connectivity index (χ2n) is 4.22. The van der Waals surface area contributed by atoms with Gasteiger partial charge in [0.2, 0.25) is 5.91 Å². The van der Waals surface area contributed by atoms with Crippen LogP contribution in [0.5, 0.6) is 0 Å². The van der Waals surface area contributed by atoms with Crippen molar-refractivity contribution in [3.05, 3.63) is 0 Å². The molecule has 3 atom stereocenters. The molecule has 0 spiro atoms. The Morgan fingerprint density at radius 3 is 2.87 bits per heavy atom. The topological polar surface area (TPSA) is 67.2 Å². The molecule has 3 unspecified atom stereocenters. The molecule has 1 heterocycles. The van der Waals surface area contributed by atoms with Gasteiger partial charge in [-0.05, 0) is 18.9 Å². The summed E-state index contributed by atoms with van der Waals surface area (Å²) in [5.74, 6) is 0.558. The highest BCUT2D eigenvalue weighted by Crippen LogP contribution is 2.11. The van der Waals surface area contributed by atoms with Crippen molar-refractivity contribution in [3.63, 3.8) is 0 Å². The predicted octanol–water partition coefficient (Wildman–Crippen LogP) is 0.117. The van der Waals surface area contributed by atoms with E-state index in [1.54, 1.807) is 0 Å². The van der Waals surface area contributed by atoms with Crippen LogP contribution in [0.4, 0.5) is 0 Å². The summed E-state index contributed by atoms with van der Waals surface area (Å²) >= 11 is 0. The zero-order valence-corrected chi connectivity index (χ0v) is 10.3. The lowest BCUT2D eigenvalue weighted by atomic mass is 9.94. The number of piperidine rings is 1. The second-order valence-corrected chi connectivity index (χ2v) is 4.22. The summed E-state index contributed by atoms with van der Waals surface area (Å²) in [5, 5.41) is 6.32. The molecule has 1 fully saturated rings. The molecule has 15 heavy (non-hydrogen) atoms. The molecular formula is C10H22ClN3O. The summed E-state index contributed by atoms with van der Waals surface area (Å²) in [6, 6.07) is 0.269. The molecule has 90 valence electrons. The molecule has 4 N–H and O–H groups in total. The van der Waals surface area contributed by atoms with Gasteiger partial charge >= 0.3 is 0 Å². The number of amides is 1. The maximum Gasteiger partial charge on any atom is 0.224 e. The zero-order chi connectivity index (χ0) is 10.6. The van der Waals surface area contributed by atoms with Gasteiger partial charge in [-0.2, -0.15) is 0 Å². The molecule has 1 amide bonds. The molecule has 0 aromatic rings. The molecule has 1 rings (SSSR count). The highest BCUT2D eigenvalue weighted by Gasteiger charge is 2.23. The van der Waals surface area contributed by atoms with Crippen LogP contribution in [-0.2, 0) is 4.79 Å². The highest BCUT2D eigenvalue weighted by molar-refractivity contribution is 5.85. The van der Waals surface area contributed by atoms with Crippen molar-refractivity contribution >= 4 is 18.3 Å². The first-order chi connectivity index (χ1) is 6.65. The lowest BCUT2D eigenvalue weighted by Crippen LogP contribution is -2.51. The average Bonchev–Trinajstić information content (AvgIpc) is 2.20. The van der Waals surface area contributed by atoms with E-state index in [2.05, 4.69) is 17.6 Å². The number of halogens is 1. The van der Waals surface area contributed by atoms with Crippen molar-refractivity contribution in [1.82, 2.24) is 10.6 Å². The summed E-state index contributed by atoms with van der Waals surface area (Å²) in [7, 11) is 0. The lowest BCUT2D eigenvalue weighted by molar-refractivity contribution is -0.125. The van der Waals surface area contributed by atoms with Gasteiger partial charge in [0.25, 0.3) is 0 Å². The molecule has 1 aliphatic heterocycles. The van der Waals surface area contributed by atoms with E-state index in [0.717, 1.165) is 19.5 Å². The quantitative estimate of drug-likeness (QED) is 0.651. The third kappa shape index (κ3) is 4.36. The molecule has 0 aromatic carbocycles. The van der Waals surface area contributed by atoms with Crippen molar-refractivity contribution in [2.45, 2.75) is 26.3 Å². The largest absolute Gasteiger partial charge is 0.352 e. The minimum atomic E-state index is -0.0795. The maximum absolute atomic E-state index is 11.6. The van der Waals surface area contributed by atoms with Gasteiger partial charge < -0.3 is 16.4 Å². The van der Waals surface area contributed by atoms with Crippen LogP contribution in [0.1, 0.15) is 20.3 Å².